The molecule has 0 radical (unpaired) electrons. The number of thiazole rings is 1. The summed E-state index contributed by atoms with van der Waals surface area (Å²) in [4.78, 5) is 12.1. The second-order valence-corrected chi connectivity index (χ2v) is 6.11. The Labute approximate surface area is 116 Å². The summed E-state index contributed by atoms with van der Waals surface area (Å²) < 4.78 is 2.01. The minimum absolute atomic E-state index is 0.0970. The third kappa shape index (κ3) is 2.50. The van der Waals surface area contributed by atoms with Gasteiger partial charge in [0.15, 0.2) is 5.13 Å². The first-order valence-electron chi connectivity index (χ1n) is 6.47. The lowest BCUT2D eigenvalue weighted by atomic mass is 10.2. The Morgan fingerprint density at radius 2 is 2.32 bits per heavy atom. The molecule has 102 valence electrons. The zero-order valence-electron chi connectivity index (χ0n) is 11.2. The predicted octanol–water partition coefficient (Wildman–Crippen LogP) is 1.88. The molecule has 0 bridgehead atoms. The van der Waals surface area contributed by atoms with E-state index in [2.05, 4.69) is 9.88 Å². The van der Waals surface area contributed by atoms with Gasteiger partial charge in [0.25, 0.3) is 0 Å². The summed E-state index contributed by atoms with van der Waals surface area (Å²) >= 11 is 1.59. The van der Waals surface area contributed by atoms with Crippen LogP contribution in [0.5, 0.6) is 0 Å². The van der Waals surface area contributed by atoms with Gasteiger partial charge >= 0.3 is 0 Å². The molecule has 3 rings (SSSR count). The fourth-order valence-electron chi connectivity index (χ4n) is 2.13. The molecule has 0 atom stereocenters. The number of hydrogen-bond donors (Lipinski definition) is 1. The van der Waals surface area contributed by atoms with Crippen LogP contribution in [0.15, 0.2) is 12.4 Å². The van der Waals surface area contributed by atoms with Crippen molar-refractivity contribution in [1.29, 1.82) is 0 Å². The van der Waals surface area contributed by atoms with Gasteiger partial charge in [0.1, 0.15) is 5.82 Å². The van der Waals surface area contributed by atoms with Crippen molar-refractivity contribution in [2.75, 3.05) is 11.9 Å². The van der Waals surface area contributed by atoms with Crippen molar-refractivity contribution in [3.05, 3.63) is 28.8 Å². The number of aliphatic hydroxyl groups excluding tert-OH is 1. The molecule has 2 aromatic rings. The topological polar surface area (TPSA) is 54.2 Å². The Morgan fingerprint density at radius 3 is 2.89 bits per heavy atom. The third-order valence-electron chi connectivity index (χ3n) is 3.45. The molecule has 19 heavy (non-hydrogen) atoms. The average molecular weight is 278 g/mol. The Morgan fingerprint density at radius 1 is 1.53 bits per heavy atom. The van der Waals surface area contributed by atoms with Gasteiger partial charge in [-0.2, -0.15) is 0 Å². The Bertz CT molecular complexity index is 573. The molecule has 1 N–H and O–H groups in total. The van der Waals surface area contributed by atoms with Gasteiger partial charge in [0.05, 0.1) is 23.7 Å². The summed E-state index contributed by atoms with van der Waals surface area (Å²) in [5.74, 6) is 1.59. The Balaban J connectivity index is 1.79. The summed E-state index contributed by atoms with van der Waals surface area (Å²) in [6.45, 7) is 0.825. The molecular formula is C13H18N4OS. The highest BCUT2D eigenvalue weighted by Gasteiger charge is 2.30. The highest BCUT2D eigenvalue weighted by atomic mass is 32.1. The fourth-order valence-corrected chi connectivity index (χ4v) is 3.10. The molecule has 0 amide bonds. The second kappa shape index (κ2) is 4.94. The molecule has 0 saturated heterocycles. The standard InChI is InChI=1S/C13H18N4OS/c1-16-6-5-14-11(16)7-17(2)13-15-12(9-3-4-9)10(8-18)19-13/h5-6,9,18H,3-4,7-8H2,1-2H3. The van der Waals surface area contributed by atoms with Gasteiger partial charge in [-0.05, 0) is 12.8 Å². The molecule has 1 aliphatic rings. The number of hydrogen-bond acceptors (Lipinski definition) is 5. The van der Waals surface area contributed by atoms with Crippen molar-refractivity contribution in [3.8, 4) is 0 Å². The summed E-state index contributed by atoms with van der Waals surface area (Å²) in [6.07, 6.45) is 6.16. The number of imidazole rings is 1. The van der Waals surface area contributed by atoms with Gasteiger partial charge in [-0.25, -0.2) is 9.97 Å². The summed E-state index contributed by atoms with van der Waals surface area (Å²) in [6, 6.07) is 0. The molecule has 5 nitrogen and oxygen atoms in total. The lowest BCUT2D eigenvalue weighted by Crippen LogP contribution is -2.18. The van der Waals surface area contributed by atoms with Crippen LogP contribution in [0.1, 0.15) is 35.2 Å². The first-order chi connectivity index (χ1) is 9.19. The van der Waals surface area contributed by atoms with Crippen LogP contribution in [0.4, 0.5) is 5.13 Å². The van der Waals surface area contributed by atoms with Crippen LogP contribution in [0.2, 0.25) is 0 Å². The van der Waals surface area contributed by atoms with Gasteiger partial charge < -0.3 is 14.6 Å². The molecule has 0 aromatic carbocycles. The number of aromatic nitrogens is 3. The molecule has 0 aliphatic heterocycles. The highest BCUT2D eigenvalue weighted by Crippen LogP contribution is 2.44. The van der Waals surface area contributed by atoms with Crippen LogP contribution in [0.25, 0.3) is 0 Å². The van der Waals surface area contributed by atoms with Crippen LogP contribution >= 0.6 is 11.3 Å². The molecule has 2 aromatic heterocycles. The fraction of sp³-hybridized carbons (Fsp3) is 0.538. The summed E-state index contributed by atoms with van der Waals surface area (Å²) in [7, 11) is 4.01. The average Bonchev–Trinajstić information content (AvgIpc) is 3.03. The first-order valence-corrected chi connectivity index (χ1v) is 7.28. The minimum Gasteiger partial charge on any atom is -0.391 e. The van der Waals surface area contributed by atoms with E-state index in [1.165, 1.54) is 12.8 Å². The van der Waals surface area contributed by atoms with Crippen LogP contribution < -0.4 is 4.90 Å². The van der Waals surface area contributed by atoms with Crippen molar-refractivity contribution in [1.82, 2.24) is 14.5 Å². The molecule has 1 saturated carbocycles. The first kappa shape index (κ1) is 12.6. The van der Waals surface area contributed by atoms with E-state index in [4.69, 9.17) is 4.98 Å². The van der Waals surface area contributed by atoms with E-state index in [0.29, 0.717) is 5.92 Å². The Kier molecular flexibility index (Phi) is 3.28. The van der Waals surface area contributed by atoms with Gasteiger partial charge in [-0.3, -0.25) is 0 Å². The van der Waals surface area contributed by atoms with Gasteiger partial charge in [0, 0.05) is 32.4 Å². The van der Waals surface area contributed by atoms with Gasteiger partial charge in [-0.1, -0.05) is 11.3 Å². The number of aryl methyl sites for hydroxylation is 1. The van der Waals surface area contributed by atoms with Crippen molar-refractivity contribution in [2.45, 2.75) is 31.9 Å². The molecule has 6 heteroatoms. The third-order valence-corrected chi connectivity index (χ3v) is 4.62. The number of anilines is 1. The molecular weight excluding hydrogens is 260 g/mol. The predicted molar refractivity (Wildman–Crippen MR) is 75.3 cm³/mol. The van der Waals surface area contributed by atoms with E-state index >= 15 is 0 Å². The van der Waals surface area contributed by atoms with Crippen LogP contribution in [0, 0.1) is 0 Å². The van der Waals surface area contributed by atoms with Crippen molar-refractivity contribution in [3.63, 3.8) is 0 Å². The Hall–Kier alpha value is -1.40. The maximum Gasteiger partial charge on any atom is 0.186 e. The molecule has 1 fully saturated rings. The number of nitrogens with zero attached hydrogens (tertiary/aromatic N) is 4. The van der Waals surface area contributed by atoms with Crippen LogP contribution in [-0.2, 0) is 20.2 Å². The molecule has 0 spiro atoms. The van der Waals surface area contributed by atoms with Gasteiger partial charge in [-0.15, -0.1) is 0 Å². The quantitative estimate of drug-likeness (QED) is 0.907. The van der Waals surface area contributed by atoms with Gasteiger partial charge in [0.2, 0.25) is 0 Å². The minimum atomic E-state index is 0.0970. The van der Waals surface area contributed by atoms with Crippen LogP contribution in [-0.4, -0.2) is 26.7 Å². The highest BCUT2D eigenvalue weighted by molar-refractivity contribution is 7.15. The van der Waals surface area contributed by atoms with E-state index in [9.17, 15) is 5.11 Å². The van der Waals surface area contributed by atoms with Crippen molar-refractivity contribution >= 4 is 16.5 Å². The number of aliphatic hydroxyl groups is 1. The lowest BCUT2D eigenvalue weighted by molar-refractivity contribution is 0.284. The van der Waals surface area contributed by atoms with E-state index in [1.807, 2.05) is 24.9 Å². The second-order valence-electron chi connectivity index (χ2n) is 5.05. The van der Waals surface area contributed by atoms with Crippen LogP contribution in [0.3, 0.4) is 0 Å². The largest absolute Gasteiger partial charge is 0.391 e. The zero-order chi connectivity index (χ0) is 13.4. The van der Waals surface area contributed by atoms with Crippen molar-refractivity contribution < 1.29 is 5.11 Å². The monoisotopic (exact) mass is 278 g/mol. The SMILES string of the molecule is CN(Cc1nccn1C)c1nc(C2CC2)c(CO)s1. The van der Waals surface area contributed by atoms with E-state index in [-0.39, 0.29) is 6.61 Å². The normalized spacial score (nSPS) is 14.9. The summed E-state index contributed by atoms with van der Waals surface area (Å²) in [5.41, 5.74) is 1.11. The van der Waals surface area contributed by atoms with E-state index in [0.717, 1.165) is 28.1 Å². The zero-order valence-corrected chi connectivity index (χ0v) is 12.0. The van der Waals surface area contributed by atoms with E-state index < -0.39 is 0 Å². The maximum absolute atomic E-state index is 9.43. The van der Waals surface area contributed by atoms with Crippen molar-refractivity contribution in [2.24, 2.45) is 7.05 Å². The molecule has 0 unspecified atom stereocenters. The smallest absolute Gasteiger partial charge is 0.186 e. The molecule has 1 aliphatic carbocycles. The maximum atomic E-state index is 9.43. The summed E-state index contributed by atoms with van der Waals surface area (Å²) in [5, 5.41) is 10.4. The number of rotatable bonds is 5. The molecule has 2 heterocycles. The van der Waals surface area contributed by atoms with E-state index in [1.54, 1.807) is 17.5 Å². The lowest BCUT2D eigenvalue weighted by Gasteiger charge is -2.15.